The molecule has 30 heavy (non-hydrogen) atoms. The van der Waals surface area contributed by atoms with Gasteiger partial charge in [0.25, 0.3) is 10.0 Å². The fourth-order valence-corrected chi connectivity index (χ4v) is 4.83. The zero-order chi connectivity index (χ0) is 22.1. The summed E-state index contributed by atoms with van der Waals surface area (Å²) in [5.41, 5.74) is 0.181. The monoisotopic (exact) mass is 520 g/mol. The number of urea groups is 1. The summed E-state index contributed by atoms with van der Waals surface area (Å²) in [6.07, 6.45) is 1.17. The van der Waals surface area contributed by atoms with Crippen molar-refractivity contribution in [3.05, 3.63) is 33.6 Å². The second-order valence-corrected chi connectivity index (χ2v) is 9.53. The Morgan fingerprint density at radius 3 is 2.37 bits per heavy atom. The zero-order valence-corrected chi connectivity index (χ0v) is 18.5. The van der Waals surface area contributed by atoms with Crippen molar-refractivity contribution in [1.82, 2.24) is 14.7 Å². The van der Waals surface area contributed by atoms with Crippen LogP contribution < -0.4 is 23.7 Å². The lowest BCUT2D eigenvalue weighted by molar-refractivity contribution is 0.256. The summed E-state index contributed by atoms with van der Waals surface area (Å²) in [7, 11) is -6.02. The van der Waals surface area contributed by atoms with Crippen molar-refractivity contribution in [2.45, 2.75) is 4.90 Å². The van der Waals surface area contributed by atoms with Crippen LogP contribution in [-0.4, -0.2) is 47.1 Å². The predicted molar refractivity (Wildman–Crippen MR) is 107 cm³/mol. The smallest absolute Gasteiger partial charge is 0.335 e. The number of methoxy groups -OCH3 is 2. The standard InChI is InChI=1S/C15H13BrN4O8S2/c1-26-11-7-12(27-2)18-14(17-11)19-15(21)20-30(24,25)10-6-9(16)5-8-3-4-29(22,23)28-13(8)10/h3-7H,1-2H3,(H2,17,18,19,20,21). The highest BCUT2D eigenvalue weighted by atomic mass is 79.9. The molecule has 2 aromatic rings. The molecule has 0 bridgehead atoms. The quantitative estimate of drug-likeness (QED) is 0.551. The molecule has 3 rings (SSSR count). The van der Waals surface area contributed by atoms with Gasteiger partial charge in [0.2, 0.25) is 17.7 Å². The van der Waals surface area contributed by atoms with Gasteiger partial charge in [0, 0.05) is 10.0 Å². The average molecular weight is 521 g/mol. The van der Waals surface area contributed by atoms with E-state index in [1.54, 1.807) is 4.72 Å². The fourth-order valence-electron chi connectivity index (χ4n) is 2.28. The van der Waals surface area contributed by atoms with Crippen LogP contribution in [0.25, 0.3) is 6.08 Å². The van der Waals surface area contributed by atoms with Crippen molar-refractivity contribution in [3.63, 3.8) is 0 Å². The van der Waals surface area contributed by atoms with Crippen molar-refractivity contribution in [2.24, 2.45) is 0 Å². The Balaban J connectivity index is 1.90. The molecule has 12 nitrogen and oxygen atoms in total. The van der Waals surface area contributed by atoms with E-state index in [0.29, 0.717) is 4.47 Å². The molecule has 15 heteroatoms. The second-order valence-electron chi connectivity index (χ2n) is 5.54. The van der Waals surface area contributed by atoms with Gasteiger partial charge in [-0.25, -0.2) is 17.9 Å². The van der Waals surface area contributed by atoms with Crippen LogP contribution in [0.2, 0.25) is 0 Å². The third kappa shape index (κ3) is 4.80. The zero-order valence-electron chi connectivity index (χ0n) is 15.2. The highest BCUT2D eigenvalue weighted by molar-refractivity contribution is 9.10. The van der Waals surface area contributed by atoms with Gasteiger partial charge in [-0.3, -0.25) is 5.32 Å². The van der Waals surface area contributed by atoms with Crippen molar-refractivity contribution in [1.29, 1.82) is 0 Å². The lowest BCUT2D eigenvalue weighted by Crippen LogP contribution is -2.35. The van der Waals surface area contributed by atoms with Crippen LogP contribution in [0.4, 0.5) is 10.7 Å². The maximum absolute atomic E-state index is 12.7. The molecule has 2 heterocycles. The van der Waals surface area contributed by atoms with Gasteiger partial charge in [-0.05, 0) is 18.2 Å². The number of carbonyl (C=O) groups is 1. The minimum atomic E-state index is -4.56. The van der Waals surface area contributed by atoms with Crippen LogP contribution in [-0.2, 0) is 20.1 Å². The Labute approximate surface area is 179 Å². The number of ether oxygens (including phenoxy) is 2. The topological polar surface area (TPSA) is 163 Å². The maximum Gasteiger partial charge on any atom is 0.335 e. The summed E-state index contributed by atoms with van der Waals surface area (Å²) in [5.74, 6) is -0.616. The number of nitrogens with one attached hydrogen (secondary N) is 2. The minimum absolute atomic E-state index is 0.0615. The SMILES string of the molecule is COc1cc(OC)nc(NC(=O)NS(=O)(=O)c2cc(Br)cc3c2OS(=O)(=O)C=C3)n1. The summed E-state index contributed by atoms with van der Waals surface area (Å²) < 4.78 is 65.6. The lowest BCUT2D eigenvalue weighted by Gasteiger charge is -2.17. The van der Waals surface area contributed by atoms with E-state index in [-0.39, 0.29) is 23.3 Å². The summed E-state index contributed by atoms with van der Waals surface area (Å²) in [5, 5.41) is 2.92. The van der Waals surface area contributed by atoms with Gasteiger partial charge >= 0.3 is 16.1 Å². The number of rotatable bonds is 5. The first-order valence-corrected chi connectivity index (χ1v) is 11.5. The van der Waals surface area contributed by atoms with Crippen LogP contribution >= 0.6 is 15.9 Å². The molecule has 0 fully saturated rings. The number of hydrogen-bond donors (Lipinski definition) is 2. The molecule has 0 saturated heterocycles. The molecule has 1 aromatic carbocycles. The Kier molecular flexibility index (Phi) is 5.87. The van der Waals surface area contributed by atoms with E-state index >= 15 is 0 Å². The number of sulfonamides is 1. The molecule has 0 unspecified atom stereocenters. The number of nitrogens with zero attached hydrogens (tertiary/aromatic N) is 2. The number of hydrogen-bond acceptors (Lipinski definition) is 10. The predicted octanol–water partition coefficient (Wildman–Crippen LogP) is 1.46. The third-order valence-corrected chi connectivity index (χ3v) is 6.16. The maximum atomic E-state index is 12.7. The minimum Gasteiger partial charge on any atom is -0.481 e. The summed E-state index contributed by atoms with van der Waals surface area (Å²) in [4.78, 5) is 19.4. The van der Waals surface area contributed by atoms with E-state index in [2.05, 4.69) is 31.2 Å². The summed E-state index contributed by atoms with van der Waals surface area (Å²) >= 11 is 3.13. The molecule has 1 aliphatic rings. The number of carbonyl (C=O) groups excluding carboxylic acids is 1. The summed E-state index contributed by atoms with van der Waals surface area (Å²) in [6.45, 7) is 0. The van der Waals surface area contributed by atoms with Gasteiger partial charge in [0.05, 0.1) is 25.7 Å². The highest BCUT2D eigenvalue weighted by Gasteiger charge is 2.29. The molecule has 0 saturated carbocycles. The third-order valence-electron chi connectivity index (χ3n) is 3.50. The molecule has 1 aliphatic heterocycles. The molecule has 0 aliphatic carbocycles. The lowest BCUT2D eigenvalue weighted by atomic mass is 10.2. The van der Waals surface area contributed by atoms with Gasteiger partial charge < -0.3 is 13.7 Å². The van der Waals surface area contributed by atoms with Gasteiger partial charge in [-0.15, -0.1) is 0 Å². The molecule has 0 atom stereocenters. The molecule has 2 amide bonds. The number of anilines is 1. The van der Waals surface area contributed by atoms with E-state index in [9.17, 15) is 21.6 Å². The highest BCUT2D eigenvalue weighted by Crippen LogP contribution is 2.36. The van der Waals surface area contributed by atoms with Gasteiger partial charge in [-0.1, -0.05) is 15.9 Å². The Morgan fingerprint density at radius 2 is 1.77 bits per heavy atom. The van der Waals surface area contributed by atoms with E-state index in [0.717, 1.165) is 11.5 Å². The average Bonchev–Trinajstić information content (AvgIpc) is 2.66. The number of benzene rings is 1. The Hall–Kier alpha value is -2.91. The molecule has 2 N–H and O–H groups in total. The number of halogens is 1. The Morgan fingerprint density at radius 1 is 1.13 bits per heavy atom. The first kappa shape index (κ1) is 21.8. The van der Waals surface area contributed by atoms with E-state index in [4.69, 9.17) is 13.7 Å². The Bertz CT molecular complexity index is 1240. The van der Waals surface area contributed by atoms with Crippen LogP contribution in [0.15, 0.2) is 33.0 Å². The van der Waals surface area contributed by atoms with Gasteiger partial charge in [0.1, 0.15) is 4.90 Å². The largest absolute Gasteiger partial charge is 0.481 e. The molecule has 1 aromatic heterocycles. The van der Waals surface area contributed by atoms with Crippen molar-refractivity contribution in [2.75, 3.05) is 19.5 Å². The number of amides is 2. The number of fused-ring (bicyclic) bond motifs is 1. The normalized spacial score (nSPS) is 14.2. The molecule has 0 radical (unpaired) electrons. The van der Waals surface area contributed by atoms with Crippen LogP contribution in [0, 0.1) is 0 Å². The van der Waals surface area contributed by atoms with Crippen LogP contribution in [0.3, 0.4) is 0 Å². The van der Waals surface area contributed by atoms with Gasteiger partial charge in [0.15, 0.2) is 5.75 Å². The van der Waals surface area contributed by atoms with Crippen LogP contribution in [0.5, 0.6) is 17.5 Å². The van der Waals surface area contributed by atoms with Crippen LogP contribution in [0.1, 0.15) is 5.56 Å². The van der Waals surface area contributed by atoms with Crippen molar-refractivity contribution < 1.29 is 35.3 Å². The second kappa shape index (κ2) is 8.08. The first-order valence-electron chi connectivity index (χ1n) is 7.80. The number of aromatic nitrogens is 2. The van der Waals surface area contributed by atoms with Crippen molar-refractivity contribution in [3.8, 4) is 17.5 Å². The van der Waals surface area contributed by atoms with Crippen molar-refractivity contribution >= 4 is 54.1 Å². The molecular formula is C15H13BrN4O8S2. The van der Waals surface area contributed by atoms with E-state index in [1.165, 1.54) is 32.4 Å². The summed E-state index contributed by atoms with van der Waals surface area (Å²) in [6, 6.07) is 2.68. The van der Waals surface area contributed by atoms with E-state index < -0.39 is 36.8 Å². The first-order chi connectivity index (χ1) is 14.0. The van der Waals surface area contributed by atoms with Gasteiger partial charge in [-0.2, -0.15) is 18.4 Å². The molecule has 160 valence electrons. The molecule has 0 spiro atoms. The van der Waals surface area contributed by atoms with E-state index in [1.807, 2.05) is 0 Å². The fraction of sp³-hybridized carbons (Fsp3) is 0.133. The molecular weight excluding hydrogens is 508 g/mol.